The van der Waals surface area contributed by atoms with E-state index in [1.165, 1.54) is 0 Å². The lowest BCUT2D eigenvalue weighted by atomic mass is 9.90. The van der Waals surface area contributed by atoms with Gasteiger partial charge in [0.25, 0.3) is 0 Å². The second-order valence-electron chi connectivity index (χ2n) is 3.18. The molecule has 0 fully saturated rings. The Morgan fingerprint density at radius 2 is 2.00 bits per heavy atom. The molecule has 0 saturated carbocycles. The number of thiocarbonyl (C=S) groups is 1. The van der Waals surface area contributed by atoms with Crippen molar-refractivity contribution in [2.24, 2.45) is 11.1 Å². The van der Waals surface area contributed by atoms with Crippen molar-refractivity contribution in [3.05, 3.63) is 0 Å². The summed E-state index contributed by atoms with van der Waals surface area (Å²) in [6.07, 6.45) is 0.762. The Morgan fingerprint density at radius 3 is 2.33 bits per heavy atom. The van der Waals surface area contributed by atoms with Gasteiger partial charge in [-0.05, 0) is 18.6 Å². The average Bonchev–Trinajstić information content (AvgIpc) is 2.00. The Hall–Kier alpha value is -0.840. The molecule has 70 valence electrons. The number of nitrogens with two attached hydrogens (primary N) is 1. The van der Waals surface area contributed by atoms with E-state index in [-0.39, 0.29) is 11.0 Å². The Morgan fingerprint density at radius 1 is 1.50 bits per heavy atom. The number of hydrogen-bond acceptors (Lipinski definition) is 2. The molecule has 5 heteroatoms. The molecule has 0 rings (SSSR count). The summed E-state index contributed by atoms with van der Waals surface area (Å²) < 4.78 is 0. The van der Waals surface area contributed by atoms with Crippen molar-refractivity contribution in [2.45, 2.75) is 27.2 Å². The smallest absolute Gasteiger partial charge is 0.244 e. The van der Waals surface area contributed by atoms with Crippen LogP contribution in [-0.2, 0) is 4.79 Å². The first-order valence-electron chi connectivity index (χ1n) is 3.76. The van der Waals surface area contributed by atoms with Gasteiger partial charge in [0.1, 0.15) is 0 Å². The molecule has 4 nitrogen and oxygen atoms in total. The zero-order valence-electron chi connectivity index (χ0n) is 7.60. The zero-order chi connectivity index (χ0) is 9.78. The normalized spacial score (nSPS) is 10.6. The lowest BCUT2D eigenvalue weighted by Gasteiger charge is -2.21. The van der Waals surface area contributed by atoms with Crippen molar-refractivity contribution in [2.75, 3.05) is 0 Å². The van der Waals surface area contributed by atoms with E-state index in [0.29, 0.717) is 0 Å². The lowest BCUT2D eigenvalue weighted by Crippen LogP contribution is -2.49. The summed E-state index contributed by atoms with van der Waals surface area (Å²) in [4.78, 5) is 11.3. The highest BCUT2D eigenvalue weighted by Crippen LogP contribution is 2.18. The standard InChI is InChI=1S/C7H15N3OS/c1-4-7(2,3)5(11)9-10-6(8)12/h4H2,1-3H3,(H,9,11)(H3,8,10,12). The minimum atomic E-state index is -0.391. The maximum atomic E-state index is 11.3. The van der Waals surface area contributed by atoms with Crippen LogP contribution in [0.4, 0.5) is 0 Å². The SMILES string of the molecule is CCC(C)(C)C(=O)NNC(N)=S. The van der Waals surface area contributed by atoms with Gasteiger partial charge >= 0.3 is 0 Å². The fourth-order valence-corrected chi connectivity index (χ4v) is 0.499. The van der Waals surface area contributed by atoms with Crippen LogP contribution in [0.3, 0.4) is 0 Å². The van der Waals surface area contributed by atoms with Gasteiger partial charge < -0.3 is 5.73 Å². The van der Waals surface area contributed by atoms with Gasteiger partial charge in [0, 0.05) is 5.41 Å². The van der Waals surface area contributed by atoms with Gasteiger partial charge in [-0.1, -0.05) is 20.8 Å². The fraction of sp³-hybridized carbons (Fsp3) is 0.714. The summed E-state index contributed by atoms with van der Waals surface area (Å²) in [6, 6.07) is 0. The monoisotopic (exact) mass is 189 g/mol. The van der Waals surface area contributed by atoms with E-state index in [0.717, 1.165) is 6.42 Å². The molecule has 0 unspecified atom stereocenters. The molecule has 0 atom stereocenters. The van der Waals surface area contributed by atoms with E-state index < -0.39 is 5.41 Å². The predicted octanol–water partition coefficient (Wildman–Crippen LogP) is 0.287. The van der Waals surface area contributed by atoms with Crippen LogP contribution in [0.15, 0.2) is 0 Å². The first-order chi connectivity index (χ1) is 5.40. The van der Waals surface area contributed by atoms with Gasteiger partial charge in [-0.25, -0.2) is 0 Å². The largest absolute Gasteiger partial charge is 0.375 e. The topological polar surface area (TPSA) is 67.2 Å². The van der Waals surface area contributed by atoms with Crippen LogP contribution >= 0.6 is 12.2 Å². The highest BCUT2D eigenvalue weighted by atomic mass is 32.1. The summed E-state index contributed by atoms with van der Waals surface area (Å²) in [5, 5.41) is 0.0650. The van der Waals surface area contributed by atoms with Crippen molar-refractivity contribution in [3.63, 3.8) is 0 Å². The number of carbonyl (C=O) groups is 1. The van der Waals surface area contributed by atoms with Crippen LogP contribution in [0.2, 0.25) is 0 Å². The van der Waals surface area contributed by atoms with Gasteiger partial charge in [-0.3, -0.25) is 15.6 Å². The molecule has 0 saturated heterocycles. The van der Waals surface area contributed by atoms with E-state index in [1.807, 2.05) is 20.8 Å². The van der Waals surface area contributed by atoms with Gasteiger partial charge in [0.15, 0.2) is 5.11 Å². The maximum absolute atomic E-state index is 11.3. The van der Waals surface area contributed by atoms with Gasteiger partial charge in [-0.2, -0.15) is 0 Å². The second kappa shape index (κ2) is 4.25. The predicted molar refractivity (Wildman–Crippen MR) is 52.1 cm³/mol. The first-order valence-corrected chi connectivity index (χ1v) is 4.17. The Bertz CT molecular complexity index is 191. The van der Waals surface area contributed by atoms with Gasteiger partial charge in [0.05, 0.1) is 0 Å². The van der Waals surface area contributed by atoms with Crippen LogP contribution in [-0.4, -0.2) is 11.0 Å². The molecule has 4 N–H and O–H groups in total. The van der Waals surface area contributed by atoms with Crippen molar-refractivity contribution >= 4 is 23.2 Å². The third-order valence-corrected chi connectivity index (χ3v) is 1.90. The number of carbonyl (C=O) groups excluding carboxylic acids is 1. The Kier molecular flexibility index (Phi) is 3.95. The number of amides is 1. The van der Waals surface area contributed by atoms with Crippen LogP contribution in [0, 0.1) is 5.41 Å². The number of hydrazine groups is 1. The third kappa shape index (κ3) is 3.52. The highest BCUT2D eigenvalue weighted by Gasteiger charge is 2.24. The molecule has 0 aromatic heterocycles. The average molecular weight is 189 g/mol. The van der Waals surface area contributed by atoms with Crippen molar-refractivity contribution in [1.82, 2.24) is 10.9 Å². The van der Waals surface area contributed by atoms with E-state index in [2.05, 4.69) is 23.1 Å². The first kappa shape index (κ1) is 11.2. The molecule has 0 radical (unpaired) electrons. The maximum Gasteiger partial charge on any atom is 0.244 e. The summed E-state index contributed by atoms with van der Waals surface area (Å²) in [7, 11) is 0. The lowest BCUT2D eigenvalue weighted by molar-refractivity contribution is -0.130. The highest BCUT2D eigenvalue weighted by molar-refractivity contribution is 7.80. The van der Waals surface area contributed by atoms with Crippen molar-refractivity contribution in [1.29, 1.82) is 0 Å². The summed E-state index contributed by atoms with van der Waals surface area (Å²) >= 11 is 4.52. The quantitative estimate of drug-likeness (QED) is 0.431. The van der Waals surface area contributed by atoms with Crippen LogP contribution in [0.25, 0.3) is 0 Å². The van der Waals surface area contributed by atoms with Gasteiger partial charge in [-0.15, -0.1) is 0 Å². The fourth-order valence-electron chi connectivity index (χ4n) is 0.448. The Balaban J connectivity index is 3.96. The number of rotatable bonds is 2. The summed E-state index contributed by atoms with van der Waals surface area (Å²) in [5.41, 5.74) is 9.55. The Labute approximate surface area is 77.9 Å². The molecule has 12 heavy (non-hydrogen) atoms. The molecular formula is C7H15N3OS. The van der Waals surface area contributed by atoms with E-state index in [9.17, 15) is 4.79 Å². The van der Waals surface area contributed by atoms with Crippen LogP contribution < -0.4 is 16.6 Å². The zero-order valence-corrected chi connectivity index (χ0v) is 8.42. The molecular weight excluding hydrogens is 174 g/mol. The van der Waals surface area contributed by atoms with Crippen molar-refractivity contribution in [3.8, 4) is 0 Å². The molecule has 0 aromatic carbocycles. The van der Waals surface area contributed by atoms with E-state index in [1.54, 1.807) is 0 Å². The molecule has 0 aliphatic carbocycles. The third-order valence-electron chi connectivity index (χ3n) is 1.80. The van der Waals surface area contributed by atoms with Crippen molar-refractivity contribution < 1.29 is 4.79 Å². The molecule has 0 spiro atoms. The molecule has 0 aliphatic rings. The molecule has 0 heterocycles. The molecule has 0 aromatic rings. The van der Waals surface area contributed by atoms with Gasteiger partial charge in [0.2, 0.25) is 5.91 Å². The molecule has 0 bridgehead atoms. The molecule has 1 amide bonds. The van der Waals surface area contributed by atoms with E-state index in [4.69, 9.17) is 5.73 Å². The van der Waals surface area contributed by atoms with Crippen LogP contribution in [0.5, 0.6) is 0 Å². The number of nitrogens with one attached hydrogen (secondary N) is 2. The minimum absolute atomic E-state index is 0.0650. The minimum Gasteiger partial charge on any atom is -0.375 e. The number of hydrogen-bond donors (Lipinski definition) is 3. The van der Waals surface area contributed by atoms with Crippen LogP contribution in [0.1, 0.15) is 27.2 Å². The summed E-state index contributed by atoms with van der Waals surface area (Å²) in [6.45, 7) is 5.65. The molecule has 0 aliphatic heterocycles. The summed E-state index contributed by atoms with van der Waals surface area (Å²) in [5.74, 6) is -0.113. The second-order valence-corrected chi connectivity index (χ2v) is 3.62. The van der Waals surface area contributed by atoms with E-state index >= 15 is 0 Å².